The Morgan fingerprint density at radius 1 is 0.613 bits per heavy atom. The van der Waals surface area contributed by atoms with Crippen molar-refractivity contribution in [2.24, 2.45) is 0 Å². The van der Waals surface area contributed by atoms with Crippen LogP contribution in [0.25, 0.3) is 28.4 Å². The lowest BCUT2D eigenvalue weighted by Crippen LogP contribution is -2.10. The van der Waals surface area contributed by atoms with Gasteiger partial charge in [-0.15, -0.1) is 0 Å². The Kier molecular flexibility index (Phi) is 15.8. The van der Waals surface area contributed by atoms with E-state index in [1.807, 2.05) is 72.8 Å². The van der Waals surface area contributed by atoms with Crippen molar-refractivity contribution in [1.82, 2.24) is 0 Å². The van der Waals surface area contributed by atoms with Gasteiger partial charge in [0.1, 0.15) is 24.5 Å². The molecule has 6 aromatic carbocycles. The minimum atomic E-state index is -0.294. The van der Waals surface area contributed by atoms with Crippen LogP contribution in [0.15, 0.2) is 137 Å². The molecule has 11 nitrogen and oxygen atoms in total. The van der Waals surface area contributed by atoms with Crippen LogP contribution in [0, 0.1) is 7.14 Å². The van der Waals surface area contributed by atoms with E-state index in [9.17, 15) is 14.7 Å². The number of aromatic hydroxyl groups is 1. The minimum absolute atomic E-state index is 0.0403. The highest BCUT2D eigenvalue weighted by molar-refractivity contribution is 14.1. The SMILES string of the molecule is COc1cc(-c2oc3cc(I)ccc3c(=O)c2OCc2ccccc2)cc(OC)c1OCc1ccccc1.COc1cc(/C=C/C(=O)c2ccc(I)cc2O)cc(OC)c1OC. The van der Waals surface area contributed by atoms with Gasteiger partial charge in [0.25, 0.3) is 0 Å². The average Bonchev–Trinajstić information content (AvgIpc) is 3.29. The van der Waals surface area contributed by atoms with Crippen LogP contribution in [0.1, 0.15) is 27.0 Å². The van der Waals surface area contributed by atoms with Crippen molar-refractivity contribution < 1.29 is 47.5 Å². The zero-order valence-corrected chi connectivity index (χ0v) is 38.7. The minimum Gasteiger partial charge on any atom is -0.507 e. The summed E-state index contributed by atoms with van der Waals surface area (Å²) in [4.78, 5) is 25.9. The molecule has 0 spiro atoms. The Bertz CT molecular complexity index is 2700. The predicted molar refractivity (Wildman–Crippen MR) is 256 cm³/mol. The summed E-state index contributed by atoms with van der Waals surface area (Å²) in [7, 11) is 7.69. The molecule has 0 aliphatic heterocycles. The normalized spacial score (nSPS) is 10.8. The maximum absolute atomic E-state index is 13.6. The van der Waals surface area contributed by atoms with Gasteiger partial charge in [-0.05, 0) is 129 Å². The van der Waals surface area contributed by atoms with E-state index in [1.54, 1.807) is 68.8 Å². The van der Waals surface area contributed by atoms with Gasteiger partial charge in [0.05, 0.1) is 46.5 Å². The number of hydrogen-bond acceptors (Lipinski definition) is 11. The summed E-state index contributed by atoms with van der Waals surface area (Å²) in [5.41, 5.74) is 3.67. The van der Waals surface area contributed by atoms with Gasteiger partial charge in [0.2, 0.25) is 22.7 Å². The van der Waals surface area contributed by atoms with E-state index in [0.717, 1.165) is 18.3 Å². The van der Waals surface area contributed by atoms with Crippen LogP contribution in [0.4, 0.5) is 0 Å². The number of allylic oxidation sites excluding steroid dienone is 1. The number of phenols is 1. The fourth-order valence-corrected chi connectivity index (χ4v) is 7.19. The number of carbonyl (C=O) groups is 1. The first-order valence-electron chi connectivity index (χ1n) is 18.9. The van der Waals surface area contributed by atoms with E-state index in [-0.39, 0.29) is 40.6 Å². The van der Waals surface area contributed by atoms with E-state index < -0.39 is 0 Å². The average molecular weight is 1060 g/mol. The predicted octanol–water partition coefficient (Wildman–Crippen LogP) is 11.2. The lowest BCUT2D eigenvalue weighted by atomic mass is 10.1. The van der Waals surface area contributed by atoms with Crippen LogP contribution in [-0.4, -0.2) is 46.4 Å². The van der Waals surface area contributed by atoms with Crippen molar-refractivity contribution in [1.29, 1.82) is 0 Å². The third-order valence-corrected chi connectivity index (χ3v) is 10.7. The van der Waals surface area contributed by atoms with Gasteiger partial charge in [-0.3, -0.25) is 9.59 Å². The lowest BCUT2D eigenvalue weighted by Gasteiger charge is -2.17. The van der Waals surface area contributed by atoms with Crippen molar-refractivity contribution in [3.05, 3.63) is 167 Å². The molecule has 0 aliphatic rings. The maximum Gasteiger partial charge on any atom is 0.235 e. The smallest absolute Gasteiger partial charge is 0.235 e. The van der Waals surface area contributed by atoms with Gasteiger partial charge in [-0.1, -0.05) is 66.7 Å². The van der Waals surface area contributed by atoms with Crippen molar-refractivity contribution in [2.45, 2.75) is 13.2 Å². The molecule has 62 heavy (non-hydrogen) atoms. The molecule has 0 bridgehead atoms. The molecule has 1 heterocycles. The number of ketones is 1. The van der Waals surface area contributed by atoms with E-state index in [0.29, 0.717) is 63.2 Å². The topological polar surface area (TPSA) is 132 Å². The molecule has 0 atom stereocenters. The summed E-state index contributed by atoms with van der Waals surface area (Å²) < 4.78 is 47.5. The zero-order chi connectivity index (χ0) is 44.2. The van der Waals surface area contributed by atoms with Crippen molar-refractivity contribution in [3.63, 3.8) is 0 Å². The molecule has 0 amide bonds. The molecule has 13 heteroatoms. The molecular formula is C49H42I2O11. The second-order valence-electron chi connectivity index (χ2n) is 13.3. The monoisotopic (exact) mass is 1060 g/mol. The lowest BCUT2D eigenvalue weighted by molar-refractivity contribution is 0.104. The maximum atomic E-state index is 13.6. The molecule has 0 saturated heterocycles. The Balaban J connectivity index is 0.000000230. The number of benzene rings is 6. The van der Waals surface area contributed by atoms with Crippen LogP contribution >= 0.6 is 45.2 Å². The van der Waals surface area contributed by atoms with Crippen molar-refractivity contribution in [3.8, 4) is 57.3 Å². The highest BCUT2D eigenvalue weighted by atomic mass is 127. The Labute approximate surface area is 386 Å². The molecule has 0 aliphatic carbocycles. The highest BCUT2D eigenvalue weighted by Crippen LogP contribution is 2.44. The molecule has 0 fully saturated rings. The van der Waals surface area contributed by atoms with E-state index in [4.69, 9.17) is 37.6 Å². The van der Waals surface area contributed by atoms with E-state index >= 15 is 0 Å². The van der Waals surface area contributed by atoms with Crippen LogP contribution in [0.2, 0.25) is 0 Å². The third kappa shape index (κ3) is 11.0. The van der Waals surface area contributed by atoms with E-state index in [2.05, 4.69) is 45.2 Å². The van der Waals surface area contributed by atoms with Crippen molar-refractivity contribution in [2.75, 3.05) is 35.5 Å². The van der Waals surface area contributed by atoms with Gasteiger partial charge in [-0.25, -0.2) is 0 Å². The molecule has 1 aromatic heterocycles. The first kappa shape index (κ1) is 45.3. The summed E-state index contributed by atoms with van der Waals surface area (Å²) in [5.74, 6) is 2.88. The van der Waals surface area contributed by atoms with Gasteiger partial charge >= 0.3 is 0 Å². The number of halogens is 2. The number of carbonyl (C=O) groups excluding carboxylic acids is 1. The second kappa shape index (κ2) is 21.5. The van der Waals surface area contributed by atoms with Crippen LogP contribution in [0.3, 0.4) is 0 Å². The van der Waals surface area contributed by atoms with Crippen LogP contribution < -0.4 is 38.6 Å². The number of rotatable bonds is 15. The third-order valence-electron chi connectivity index (χ3n) is 9.33. The Morgan fingerprint density at radius 3 is 1.66 bits per heavy atom. The van der Waals surface area contributed by atoms with Crippen molar-refractivity contribution >= 4 is 68.0 Å². The fraction of sp³-hybridized carbons (Fsp3) is 0.143. The van der Waals surface area contributed by atoms with Gasteiger partial charge in [0.15, 0.2) is 34.5 Å². The summed E-state index contributed by atoms with van der Waals surface area (Å²) in [6, 6.07) is 36.8. The van der Waals surface area contributed by atoms with Crippen LogP contribution in [-0.2, 0) is 13.2 Å². The first-order chi connectivity index (χ1) is 30.1. The molecular weight excluding hydrogens is 1020 g/mol. The standard InChI is InChI=1S/C31H25IO6.C18H17IO5/c1-34-26-15-22(16-27(35-2)30(26)36-18-20-9-5-3-6-10-20)29-31(37-19-21-11-7-4-8-12-21)28(33)24-14-13-23(32)17-25(24)38-29;1-22-16-8-11(9-17(23-2)18(16)24-3)4-7-14(20)13-6-5-12(19)10-15(13)21/h3-17H,18-19H2,1-2H3;4-10,21H,1-3H3/b;7-4+. The van der Waals surface area contributed by atoms with Gasteiger partial charge in [-0.2, -0.15) is 0 Å². The molecule has 0 saturated carbocycles. The second-order valence-corrected chi connectivity index (χ2v) is 15.8. The molecule has 318 valence electrons. The number of methoxy groups -OCH3 is 5. The number of hydrogen-bond donors (Lipinski definition) is 1. The quantitative estimate of drug-likeness (QED) is 0.0598. The largest absolute Gasteiger partial charge is 0.507 e. The summed E-state index contributed by atoms with van der Waals surface area (Å²) in [6.45, 7) is 0.544. The molecule has 7 rings (SSSR count). The van der Waals surface area contributed by atoms with E-state index in [1.165, 1.54) is 27.4 Å². The summed E-state index contributed by atoms with van der Waals surface area (Å²) in [5, 5.41) is 10.3. The molecule has 1 N–H and O–H groups in total. The summed E-state index contributed by atoms with van der Waals surface area (Å²) >= 11 is 4.26. The summed E-state index contributed by atoms with van der Waals surface area (Å²) in [6.07, 6.45) is 3.02. The first-order valence-corrected chi connectivity index (χ1v) is 21.1. The number of phenolic OH excluding ortho intramolecular Hbond substituents is 1. The molecule has 7 aromatic rings. The fourth-order valence-electron chi connectivity index (χ4n) is 6.26. The van der Waals surface area contributed by atoms with Gasteiger partial charge < -0.3 is 42.7 Å². The molecule has 0 unspecified atom stereocenters. The highest BCUT2D eigenvalue weighted by Gasteiger charge is 2.23. The zero-order valence-electron chi connectivity index (χ0n) is 34.4. The van der Waals surface area contributed by atoms with Gasteiger partial charge in [0, 0.05) is 12.7 Å². The molecule has 0 radical (unpaired) electrons. The number of fused-ring (bicyclic) bond motifs is 1. The van der Waals surface area contributed by atoms with Crippen LogP contribution in [0.5, 0.6) is 46.0 Å². The Hall–Kier alpha value is -6.20. The number of ether oxygens (including phenoxy) is 7. The Morgan fingerprint density at radius 2 is 1.13 bits per heavy atom.